The smallest absolute Gasteiger partial charge is 0.232 e. The third kappa shape index (κ3) is 6.19. The first kappa shape index (κ1) is 18.9. The van der Waals surface area contributed by atoms with Gasteiger partial charge in [0.1, 0.15) is 5.82 Å². The molecule has 0 aromatic heterocycles. The predicted octanol–water partition coefficient (Wildman–Crippen LogP) is 2.34. The number of anilines is 1. The standard InChI is InChI=1S/C18H21FN2O3S/c1-25(23,24)21(17-9-5-8-16(19)14-17)13-12-20-18(22)11-10-15-6-3-2-4-7-15/h2-9,14H,10-13H2,1H3,(H,20,22). The molecule has 0 saturated heterocycles. The number of sulfonamides is 1. The van der Waals surface area contributed by atoms with E-state index in [0.29, 0.717) is 12.8 Å². The molecule has 1 N–H and O–H groups in total. The summed E-state index contributed by atoms with van der Waals surface area (Å²) < 4.78 is 38.3. The van der Waals surface area contributed by atoms with E-state index in [1.54, 1.807) is 0 Å². The molecule has 0 aliphatic heterocycles. The van der Waals surface area contributed by atoms with Crippen LogP contribution < -0.4 is 9.62 Å². The highest BCUT2D eigenvalue weighted by Crippen LogP contribution is 2.17. The Morgan fingerprint density at radius 3 is 2.48 bits per heavy atom. The molecule has 0 heterocycles. The van der Waals surface area contributed by atoms with Crippen LogP contribution in [0.2, 0.25) is 0 Å². The van der Waals surface area contributed by atoms with Gasteiger partial charge in [0.15, 0.2) is 0 Å². The highest BCUT2D eigenvalue weighted by atomic mass is 32.2. The summed E-state index contributed by atoms with van der Waals surface area (Å²) in [4.78, 5) is 11.9. The molecule has 0 spiro atoms. The monoisotopic (exact) mass is 364 g/mol. The van der Waals surface area contributed by atoms with Gasteiger partial charge in [-0.25, -0.2) is 12.8 Å². The van der Waals surface area contributed by atoms with Crippen LogP contribution in [-0.2, 0) is 21.2 Å². The van der Waals surface area contributed by atoms with E-state index in [1.165, 1.54) is 18.2 Å². The van der Waals surface area contributed by atoms with E-state index in [-0.39, 0.29) is 24.7 Å². The number of carbonyl (C=O) groups excluding carboxylic acids is 1. The van der Waals surface area contributed by atoms with Crippen LogP contribution in [0.1, 0.15) is 12.0 Å². The van der Waals surface area contributed by atoms with E-state index in [0.717, 1.165) is 22.2 Å². The molecule has 2 aromatic rings. The van der Waals surface area contributed by atoms with Gasteiger partial charge in [-0.1, -0.05) is 36.4 Å². The molecule has 0 saturated carbocycles. The minimum Gasteiger partial charge on any atom is -0.354 e. The van der Waals surface area contributed by atoms with Crippen LogP contribution in [0.3, 0.4) is 0 Å². The van der Waals surface area contributed by atoms with E-state index in [1.807, 2.05) is 30.3 Å². The van der Waals surface area contributed by atoms with Gasteiger partial charge in [-0.3, -0.25) is 9.10 Å². The first-order valence-electron chi connectivity index (χ1n) is 7.90. The lowest BCUT2D eigenvalue weighted by Crippen LogP contribution is -2.38. The van der Waals surface area contributed by atoms with Crippen molar-refractivity contribution in [3.05, 3.63) is 66.0 Å². The number of benzene rings is 2. The quantitative estimate of drug-likeness (QED) is 0.782. The highest BCUT2D eigenvalue weighted by molar-refractivity contribution is 7.92. The van der Waals surface area contributed by atoms with E-state index in [9.17, 15) is 17.6 Å². The zero-order valence-electron chi connectivity index (χ0n) is 14.0. The molecule has 25 heavy (non-hydrogen) atoms. The normalized spacial score (nSPS) is 11.1. The van der Waals surface area contributed by atoms with E-state index in [4.69, 9.17) is 0 Å². The van der Waals surface area contributed by atoms with E-state index >= 15 is 0 Å². The van der Waals surface area contributed by atoms with Gasteiger partial charge in [-0.15, -0.1) is 0 Å². The van der Waals surface area contributed by atoms with Crippen molar-refractivity contribution in [1.29, 1.82) is 0 Å². The topological polar surface area (TPSA) is 66.5 Å². The predicted molar refractivity (Wildman–Crippen MR) is 96.4 cm³/mol. The second-order valence-corrected chi connectivity index (χ2v) is 7.56. The van der Waals surface area contributed by atoms with Gasteiger partial charge in [0.25, 0.3) is 0 Å². The second kappa shape index (κ2) is 8.62. The maximum Gasteiger partial charge on any atom is 0.232 e. The Hall–Kier alpha value is -2.41. The molecule has 0 radical (unpaired) electrons. The van der Waals surface area contributed by atoms with Crippen LogP contribution in [0, 0.1) is 5.82 Å². The number of halogens is 1. The van der Waals surface area contributed by atoms with E-state index in [2.05, 4.69) is 5.32 Å². The molecule has 134 valence electrons. The molecule has 5 nitrogen and oxygen atoms in total. The van der Waals surface area contributed by atoms with Crippen molar-refractivity contribution in [2.24, 2.45) is 0 Å². The first-order chi connectivity index (χ1) is 11.9. The fourth-order valence-corrected chi connectivity index (χ4v) is 3.32. The van der Waals surface area contributed by atoms with Crippen LogP contribution in [0.5, 0.6) is 0 Å². The minimum atomic E-state index is -3.57. The first-order valence-corrected chi connectivity index (χ1v) is 9.75. The number of rotatable bonds is 8. The van der Waals surface area contributed by atoms with Crippen molar-refractivity contribution >= 4 is 21.6 Å². The van der Waals surface area contributed by atoms with Gasteiger partial charge >= 0.3 is 0 Å². The molecule has 0 aliphatic rings. The lowest BCUT2D eigenvalue weighted by molar-refractivity contribution is -0.120. The van der Waals surface area contributed by atoms with Crippen LogP contribution in [0.4, 0.5) is 10.1 Å². The van der Waals surface area contributed by atoms with Crippen molar-refractivity contribution in [2.75, 3.05) is 23.7 Å². The molecular formula is C18H21FN2O3S. The molecule has 7 heteroatoms. The average Bonchev–Trinajstić information content (AvgIpc) is 2.56. The summed E-state index contributed by atoms with van der Waals surface area (Å²) in [5.41, 5.74) is 1.30. The zero-order valence-corrected chi connectivity index (χ0v) is 14.8. The number of amides is 1. The summed E-state index contributed by atoms with van der Waals surface area (Å²) in [5, 5.41) is 2.70. The maximum atomic E-state index is 13.3. The number of aryl methyl sites for hydroxylation is 1. The van der Waals surface area contributed by atoms with Crippen molar-refractivity contribution in [2.45, 2.75) is 12.8 Å². The fraction of sp³-hybridized carbons (Fsp3) is 0.278. The van der Waals surface area contributed by atoms with Crippen LogP contribution in [0.25, 0.3) is 0 Å². The molecular weight excluding hydrogens is 343 g/mol. The van der Waals surface area contributed by atoms with Crippen molar-refractivity contribution in [3.8, 4) is 0 Å². The molecule has 0 aliphatic carbocycles. The Balaban J connectivity index is 1.87. The highest BCUT2D eigenvalue weighted by Gasteiger charge is 2.17. The molecule has 0 unspecified atom stereocenters. The number of nitrogens with one attached hydrogen (secondary N) is 1. The van der Waals surface area contributed by atoms with Crippen LogP contribution >= 0.6 is 0 Å². The Labute approximate surface area is 147 Å². The van der Waals surface area contributed by atoms with Gasteiger partial charge in [-0.05, 0) is 30.2 Å². The second-order valence-electron chi connectivity index (χ2n) is 5.65. The number of hydrogen-bond donors (Lipinski definition) is 1. The van der Waals surface area contributed by atoms with E-state index < -0.39 is 15.8 Å². The molecule has 2 aromatic carbocycles. The summed E-state index contributed by atoms with van der Waals surface area (Å²) in [7, 11) is -3.57. The van der Waals surface area contributed by atoms with Crippen LogP contribution in [0.15, 0.2) is 54.6 Å². The number of carbonyl (C=O) groups is 1. The maximum absolute atomic E-state index is 13.3. The van der Waals surface area contributed by atoms with Gasteiger partial charge in [0, 0.05) is 13.0 Å². The molecule has 1 amide bonds. The third-order valence-corrected chi connectivity index (χ3v) is 4.81. The largest absolute Gasteiger partial charge is 0.354 e. The lowest BCUT2D eigenvalue weighted by Gasteiger charge is -2.22. The van der Waals surface area contributed by atoms with Gasteiger partial charge in [-0.2, -0.15) is 0 Å². The Morgan fingerprint density at radius 2 is 1.84 bits per heavy atom. The van der Waals surface area contributed by atoms with Crippen LogP contribution in [-0.4, -0.2) is 33.7 Å². The fourth-order valence-electron chi connectivity index (χ4n) is 2.41. The average molecular weight is 364 g/mol. The summed E-state index contributed by atoms with van der Waals surface area (Å²) in [6.07, 6.45) is 1.99. The minimum absolute atomic E-state index is 0.0410. The number of nitrogens with zero attached hydrogens (tertiary/aromatic N) is 1. The third-order valence-electron chi connectivity index (χ3n) is 3.62. The summed E-state index contributed by atoms with van der Waals surface area (Å²) >= 11 is 0. The van der Waals surface area contributed by atoms with Gasteiger partial charge in [0.2, 0.25) is 15.9 Å². The van der Waals surface area contributed by atoms with Gasteiger partial charge < -0.3 is 5.32 Å². The Morgan fingerprint density at radius 1 is 1.12 bits per heavy atom. The zero-order chi connectivity index (χ0) is 18.3. The van der Waals surface area contributed by atoms with Gasteiger partial charge in [0.05, 0.1) is 18.5 Å². The Bertz CT molecular complexity index is 810. The summed E-state index contributed by atoms with van der Waals surface area (Å²) in [5.74, 6) is -0.672. The molecule has 0 atom stereocenters. The molecule has 2 rings (SSSR count). The Kier molecular flexibility index (Phi) is 6.52. The summed E-state index contributed by atoms with van der Waals surface area (Å²) in [6.45, 7) is 0.191. The van der Waals surface area contributed by atoms with Crippen molar-refractivity contribution < 1.29 is 17.6 Å². The lowest BCUT2D eigenvalue weighted by atomic mass is 10.1. The summed E-state index contributed by atoms with van der Waals surface area (Å²) in [6, 6.07) is 15.0. The SMILES string of the molecule is CS(=O)(=O)N(CCNC(=O)CCc1ccccc1)c1cccc(F)c1. The van der Waals surface area contributed by atoms with Crippen molar-refractivity contribution in [3.63, 3.8) is 0 Å². The molecule has 0 bridgehead atoms. The number of hydrogen-bond acceptors (Lipinski definition) is 3. The van der Waals surface area contributed by atoms with Crippen molar-refractivity contribution in [1.82, 2.24) is 5.32 Å². The molecule has 0 fully saturated rings.